The predicted molar refractivity (Wildman–Crippen MR) is 84.4 cm³/mol. The maximum Gasteiger partial charge on any atom is 0.255 e. The fourth-order valence-electron chi connectivity index (χ4n) is 2.45. The number of benzene rings is 2. The van der Waals surface area contributed by atoms with Crippen LogP contribution in [0.1, 0.15) is 16.2 Å². The third kappa shape index (κ3) is 2.75. The summed E-state index contributed by atoms with van der Waals surface area (Å²) in [4.78, 5) is 12.4. The van der Waals surface area contributed by atoms with Gasteiger partial charge in [-0.15, -0.1) is 5.10 Å². The van der Waals surface area contributed by atoms with Crippen molar-refractivity contribution < 1.29 is 18.7 Å². The second-order valence-corrected chi connectivity index (χ2v) is 5.33. The SMILES string of the molecule is Cc1nnnn1-c1cc(NC(=O)c2ccc3c(c2)OCO3)ccc1F. The topological polar surface area (TPSA) is 91.2 Å². The van der Waals surface area contributed by atoms with Crippen LogP contribution in [0.15, 0.2) is 36.4 Å². The van der Waals surface area contributed by atoms with Gasteiger partial charge in [0, 0.05) is 11.3 Å². The van der Waals surface area contributed by atoms with E-state index >= 15 is 0 Å². The Morgan fingerprint density at radius 1 is 1.20 bits per heavy atom. The van der Waals surface area contributed by atoms with E-state index in [1.54, 1.807) is 25.1 Å². The molecule has 9 heteroatoms. The number of anilines is 1. The molecule has 0 unspecified atom stereocenters. The standard InChI is InChI=1S/C16H12FN5O3/c1-9-19-20-21-22(9)13-7-11(3-4-12(13)17)18-16(23)10-2-5-14-15(6-10)25-8-24-14/h2-7H,8H2,1H3,(H,18,23). The van der Waals surface area contributed by atoms with Crippen LogP contribution in [0, 0.1) is 12.7 Å². The number of ether oxygens (including phenoxy) is 2. The summed E-state index contributed by atoms with van der Waals surface area (Å²) in [5.41, 5.74) is 0.952. The first-order valence-corrected chi connectivity index (χ1v) is 7.38. The fourth-order valence-corrected chi connectivity index (χ4v) is 2.45. The van der Waals surface area contributed by atoms with E-state index in [-0.39, 0.29) is 18.4 Å². The molecular formula is C16H12FN5O3. The number of hydrogen-bond acceptors (Lipinski definition) is 6. The van der Waals surface area contributed by atoms with Crippen LogP contribution < -0.4 is 14.8 Å². The lowest BCUT2D eigenvalue weighted by Gasteiger charge is -2.09. The maximum absolute atomic E-state index is 14.1. The molecule has 1 amide bonds. The molecule has 25 heavy (non-hydrogen) atoms. The van der Waals surface area contributed by atoms with Crippen molar-refractivity contribution in [1.82, 2.24) is 20.2 Å². The van der Waals surface area contributed by atoms with Gasteiger partial charge in [0.05, 0.1) is 0 Å². The molecule has 1 aromatic heterocycles. The quantitative estimate of drug-likeness (QED) is 0.784. The number of carbonyl (C=O) groups is 1. The lowest BCUT2D eigenvalue weighted by Crippen LogP contribution is -2.12. The van der Waals surface area contributed by atoms with Crippen LogP contribution in [0.3, 0.4) is 0 Å². The number of halogens is 1. The molecule has 0 fully saturated rings. The minimum absolute atomic E-state index is 0.132. The molecule has 0 aliphatic carbocycles. The number of aryl methyl sites for hydroxylation is 1. The van der Waals surface area contributed by atoms with Crippen LogP contribution in [0.2, 0.25) is 0 Å². The Labute approximate surface area is 141 Å². The number of tetrazole rings is 1. The molecule has 4 rings (SSSR count). The zero-order valence-electron chi connectivity index (χ0n) is 13.1. The first kappa shape index (κ1) is 15.1. The van der Waals surface area contributed by atoms with E-state index in [4.69, 9.17) is 9.47 Å². The molecule has 0 radical (unpaired) electrons. The van der Waals surface area contributed by atoms with Crippen molar-refractivity contribution in [1.29, 1.82) is 0 Å². The second-order valence-electron chi connectivity index (χ2n) is 5.33. The average Bonchev–Trinajstić information content (AvgIpc) is 3.24. The van der Waals surface area contributed by atoms with E-state index in [1.807, 2.05) is 0 Å². The van der Waals surface area contributed by atoms with Crippen LogP contribution in [0.25, 0.3) is 5.69 Å². The Bertz CT molecular complexity index is 972. The molecule has 0 bridgehead atoms. The summed E-state index contributed by atoms with van der Waals surface area (Å²) in [7, 11) is 0. The molecule has 0 saturated heterocycles. The van der Waals surface area contributed by atoms with E-state index in [0.29, 0.717) is 28.6 Å². The number of amides is 1. The smallest absolute Gasteiger partial charge is 0.255 e. The summed E-state index contributed by atoms with van der Waals surface area (Å²) in [6, 6.07) is 9.04. The zero-order chi connectivity index (χ0) is 17.4. The van der Waals surface area contributed by atoms with Crippen molar-refractivity contribution in [3.63, 3.8) is 0 Å². The number of nitrogens with zero attached hydrogens (tertiary/aromatic N) is 4. The minimum atomic E-state index is -0.503. The van der Waals surface area contributed by atoms with Crippen LogP contribution in [0.5, 0.6) is 11.5 Å². The summed E-state index contributed by atoms with van der Waals surface area (Å²) in [6.07, 6.45) is 0. The van der Waals surface area contributed by atoms with Crippen molar-refractivity contribution in [2.45, 2.75) is 6.92 Å². The predicted octanol–water partition coefficient (Wildman–Crippen LogP) is 2.09. The second kappa shape index (κ2) is 5.86. The van der Waals surface area contributed by atoms with Crippen LogP contribution in [-0.2, 0) is 0 Å². The van der Waals surface area contributed by atoms with Crippen LogP contribution >= 0.6 is 0 Å². The lowest BCUT2D eigenvalue weighted by atomic mass is 10.2. The monoisotopic (exact) mass is 341 g/mol. The molecule has 1 N–H and O–H groups in total. The first-order valence-electron chi connectivity index (χ1n) is 7.38. The van der Waals surface area contributed by atoms with Crippen molar-refractivity contribution in [3.05, 3.63) is 53.6 Å². The van der Waals surface area contributed by atoms with Crippen molar-refractivity contribution >= 4 is 11.6 Å². The Morgan fingerprint density at radius 3 is 2.84 bits per heavy atom. The highest BCUT2D eigenvalue weighted by molar-refractivity contribution is 6.04. The molecule has 0 atom stereocenters. The highest BCUT2D eigenvalue weighted by Gasteiger charge is 2.17. The van der Waals surface area contributed by atoms with Gasteiger partial charge in [-0.2, -0.15) is 4.68 Å². The molecule has 126 valence electrons. The number of hydrogen-bond donors (Lipinski definition) is 1. The van der Waals surface area contributed by atoms with Crippen molar-refractivity contribution in [2.24, 2.45) is 0 Å². The Morgan fingerprint density at radius 2 is 2.04 bits per heavy atom. The molecule has 2 aromatic carbocycles. The molecular weight excluding hydrogens is 329 g/mol. The molecule has 0 spiro atoms. The largest absolute Gasteiger partial charge is 0.454 e. The summed E-state index contributed by atoms with van der Waals surface area (Å²) >= 11 is 0. The molecule has 1 aliphatic rings. The van der Waals surface area contributed by atoms with E-state index in [2.05, 4.69) is 20.8 Å². The van der Waals surface area contributed by atoms with Gasteiger partial charge in [-0.1, -0.05) is 0 Å². The van der Waals surface area contributed by atoms with Crippen LogP contribution in [-0.4, -0.2) is 32.9 Å². The van der Waals surface area contributed by atoms with Gasteiger partial charge < -0.3 is 14.8 Å². The number of carbonyl (C=O) groups excluding carboxylic acids is 1. The third-order valence-electron chi connectivity index (χ3n) is 3.69. The highest BCUT2D eigenvalue weighted by atomic mass is 19.1. The van der Waals surface area contributed by atoms with E-state index in [9.17, 15) is 9.18 Å². The van der Waals surface area contributed by atoms with Gasteiger partial charge in [0.2, 0.25) is 6.79 Å². The third-order valence-corrected chi connectivity index (χ3v) is 3.69. The number of nitrogens with one attached hydrogen (secondary N) is 1. The zero-order valence-corrected chi connectivity index (χ0v) is 13.1. The summed E-state index contributed by atoms with van der Waals surface area (Å²) in [5, 5.41) is 13.7. The molecule has 3 aromatic rings. The first-order chi connectivity index (χ1) is 12.1. The molecule has 1 aliphatic heterocycles. The van der Waals surface area contributed by atoms with Gasteiger partial charge in [0.15, 0.2) is 17.3 Å². The van der Waals surface area contributed by atoms with Crippen molar-refractivity contribution in [2.75, 3.05) is 12.1 Å². The fraction of sp³-hybridized carbons (Fsp3) is 0.125. The van der Waals surface area contributed by atoms with E-state index < -0.39 is 5.82 Å². The molecule has 2 heterocycles. The van der Waals surface area contributed by atoms with E-state index in [1.165, 1.54) is 22.9 Å². The van der Waals surface area contributed by atoms with Crippen molar-refractivity contribution in [3.8, 4) is 17.2 Å². The number of fused-ring (bicyclic) bond motifs is 1. The van der Waals surface area contributed by atoms with Gasteiger partial charge in [-0.3, -0.25) is 4.79 Å². The normalized spacial score (nSPS) is 12.2. The summed E-state index contributed by atoms with van der Waals surface area (Å²) < 4.78 is 25.8. The van der Waals surface area contributed by atoms with Gasteiger partial charge >= 0.3 is 0 Å². The summed E-state index contributed by atoms with van der Waals surface area (Å²) in [6.45, 7) is 1.78. The Balaban J connectivity index is 1.61. The van der Waals surface area contributed by atoms with Gasteiger partial charge in [0.25, 0.3) is 5.91 Å². The van der Waals surface area contributed by atoms with Crippen LogP contribution in [0.4, 0.5) is 10.1 Å². The van der Waals surface area contributed by atoms with Gasteiger partial charge in [0.1, 0.15) is 11.5 Å². The van der Waals surface area contributed by atoms with Gasteiger partial charge in [-0.05, 0) is 53.7 Å². The Hall–Kier alpha value is -3.49. The Kier molecular flexibility index (Phi) is 3.53. The van der Waals surface area contributed by atoms with E-state index in [0.717, 1.165) is 0 Å². The average molecular weight is 341 g/mol. The number of aromatic nitrogens is 4. The lowest BCUT2D eigenvalue weighted by molar-refractivity contribution is 0.102. The van der Waals surface area contributed by atoms with Gasteiger partial charge in [-0.25, -0.2) is 4.39 Å². The minimum Gasteiger partial charge on any atom is -0.454 e. The number of rotatable bonds is 3. The summed E-state index contributed by atoms with van der Waals surface area (Å²) in [5.74, 6) is 0.672. The molecule has 8 nitrogen and oxygen atoms in total. The highest BCUT2D eigenvalue weighted by Crippen LogP contribution is 2.32. The maximum atomic E-state index is 14.1. The molecule has 0 saturated carbocycles.